The van der Waals surface area contributed by atoms with Crippen molar-refractivity contribution in [1.82, 2.24) is 39.7 Å². The number of nitrogens with zero attached hydrogens (tertiary/aromatic N) is 6. The van der Waals surface area contributed by atoms with Gasteiger partial charge in [0.25, 0.3) is 22.9 Å². The van der Waals surface area contributed by atoms with Crippen LogP contribution in [0, 0.1) is 47.5 Å². The Labute approximate surface area is 396 Å². The topological polar surface area (TPSA) is 154 Å². The molecule has 0 fully saturated rings. The second-order valence-electron chi connectivity index (χ2n) is 13.8. The maximum Gasteiger partial charge on any atom is 0.266 e. The number of terminal acetylenes is 1. The fourth-order valence-electron chi connectivity index (χ4n) is 5.98. The average molecular weight is 1010 g/mol. The Morgan fingerprint density at radius 2 is 1.13 bits per heavy atom. The number of amides is 2. The molecule has 8 rings (SSSR count). The van der Waals surface area contributed by atoms with Gasteiger partial charge in [0.15, 0.2) is 23.3 Å². The molecular weight excluding hydrogens is 979 g/mol. The largest absolute Gasteiger partial charge is 0.341 e. The zero-order chi connectivity index (χ0) is 48.0. The van der Waals surface area contributed by atoms with Crippen LogP contribution in [0.1, 0.15) is 37.4 Å². The molecule has 336 valence electrons. The van der Waals surface area contributed by atoms with Crippen molar-refractivity contribution in [3.05, 3.63) is 209 Å². The van der Waals surface area contributed by atoms with E-state index in [0.29, 0.717) is 21.7 Å². The fourth-order valence-corrected chi connectivity index (χ4v) is 6.75. The van der Waals surface area contributed by atoms with E-state index in [0.717, 1.165) is 77.1 Å². The highest BCUT2D eigenvalue weighted by atomic mass is 79.9. The molecule has 2 N–H and O–H groups in total. The van der Waals surface area contributed by atoms with Crippen molar-refractivity contribution in [3.8, 4) is 24.2 Å². The van der Waals surface area contributed by atoms with Gasteiger partial charge in [-0.15, -0.1) is 6.42 Å². The SMILES string of the molecule is C#CCNC(=O)c1cncn(Cc2ccc(F)c(F)c2)c1=O.Clc1ccnc2ccc(Br)cc12.O=C(NCC#Cc1ccc2nccc(Cl)c2c1)c1cncn(Cc2ccc(F)c(F)c2)c1=O. The lowest BCUT2D eigenvalue weighted by molar-refractivity contribution is 0.0948. The summed E-state index contributed by atoms with van der Waals surface area (Å²) in [7, 11) is 0. The van der Waals surface area contributed by atoms with Gasteiger partial charge in [0.1, 0.15) is 11.1 Å². The van der Waals surface area contributed by atoms with Crippen LogP contribution in [-0.4, -0.2) is 54.0 Å². The molecule has 2 amide bonds. The first kappa shape index (κ1) is 48.7. The molecule has 0 unspecified atom stereocenters. The van der Waals surface area contributed by atoms with E-state index in [2.05, 4.69) is 64.3 Å². The summed E-state index contributed by atoms with van der Waals surface area (Å²) in [6.07, 6.45) is 13.0. The Kier molecular flexibility index (Phi) is 16.7. The van der Waals surface area contributed by atoms with Crippen LogP contribution < -0.4 is 21.8 Å². The number of carbonyl (C=O) groups excluding carboxylic acids is 2. The molecule has 4 aromatic heterocycles. The first-order chi connectivity index (χ1) is 32.2. The lowest BCUT2D eigenvalue weighted by Crippen LogP contribution is -2.33. The van der Waals surface area contributed by atoms with E-state index in [1.807, 2.05) is 18.2 Å². The van der Waals surface area contributed by atoms with Crippen LogP contribution in [0.25, 0.3) is 21.8 Å². The van der Waals surface area contributed by atoms with Crippen molar-refractivity contribution in [2.24, 2.45) is 0 Å². The van der Waals surface area contributed by atoms with Gasteiger partial charge in [-0.05, 0) is 83.9 Å². The van der Waals surface area contributed by atoms with Gasteiger partial charge >= 0.3 is 0 Å². The van der Waals surface area contributed by atoms with Crippen molar-refractivity contribution < 1.29 is 27.2 Å². The number of benzene rings is 4. The Morgan fingerprint density at radius 1 is 0.642 bits per heavy atom. The second-order valence-corrected chi connectivity index (χ2v) is 15.6. The minimum Gasteiger partial charge on any atom is -0.341 e. The van der Waals surface area contributed by atoms with Crippen LogP contribution in [0.3, 0.4) is 0 Å². The number of hydrogen-bond acceptors (Lipinski definition) is 8. The molecule has 0 spiro atoms. The van der Waals surface area contributed by atoms with Crippen molar-refractivity contribution >= 4 is 72.8 Å². The van der Waals surface area contributed by atoms with E-state index in [1.165, 1.54) is 24.8 Å². The second kappa shape index (κ2) is 23.0. The first-order valence-electron chi connectivity index (χ1n) is 19.4. The molecule has 0 saturated carbocycles. The van der Waals surface area contributed by atoms with E-state index in [4.69, 9.17) is 29.6 Å². The lowest BCUT2D eigenvalue weighted by atomic mass is 10.1. The summed E-state index contributed by atoms with van der Waals surface area (Å²) in [6, 6.07) is 21.3. The van der Waals surface area contributed by atoms with Crippen LogP contribution in [-0.2, 0) is 13.1 Å². The minimum atomic E-state index is -1.02. The molecule has 0 aliphatic carbocycles. The molecule has 4 aromatic carbocycles. The Balaban J connectivity index is 0.000000186. The van der Waals surface area contributed by atoms with E-state index < -0.39 is 46.2 Å². The highest BCUT2D eigenvalue weighted by molar-refractivity contribution is 9.10. The minimum absolute atomic E-state index is 0.00481. The van der Waals surface area contributed by atoms with Gasteiger partial charge in [0, 0.05) is 45.6 Å². The molecule has 19 heteroatoms. The fraction of sp³-hybridized carbons (Fsp3) is 0.0833. The number of hydrogen-bond donors (Lipinski definition) is 2. The maximum absolute atomic E-state index is 13.4. The summed E-state index contributed by atoms with van der Waals surface area (Å²) in [5.41, 5.74) is 1.50. The smallest absolute Gasteiger partial charge is 0.266 e. The number of pyridine rings is 2. The molecule has 0 aliphatic heterocycles. The molecule has 4 heterocycles. The number of halogens is 7. The predicted octanol–water partition coefficient (Wildman–Crippen LogP) is 8.14. The standard InChI is InChI=1S/C24H15ClF2N4O2.C15H11F2N3O2.C9H5BrClN/c25-19-7-9-29-22-6-4-15(10-17(19)22)2-1-8-30-23(32)18-12-28-14-31(24(18)33)13-16-3-5-20(26)21(27)11-16;1-2-5-19-14(21)11-7-18-9-20(15(11)22)8-10-3-4-12(16)13(17)6-10;10-6-1-2-9-7(5-6)8(11)3-4-12-9/h3-7,9-12,14H,8,13H2,(H,30,32);1,3-4,6-7,9H,5,8H2,(H,19,21);1-5H. The molecule has 12 nitrogen and oxygen atoms in total. The van der Waals surface area contributed by atoms with E-state index >= 15 is 0 Å². The average Bonchev–Trinajstić information content (AvgIpc) is 3.31. The summed E-state index contributed by atoms with van der Waals surface area (Å²) in [4.78, 5) is 65.1. The van der Waals surface area contributed by atoms with E-state index in [-0.39, 0.29) is 37.3 Å². The van der Waals surface area contributed by atoms with Gasteiger partial charge in [-0.2, -0.15) is 0 Å². The number of aromatic nitrogens is 6. The van der Waals surface area contributed by atoms with Gasteiger partial charge in [0.05, 0.1) is 59.9 Å². The maximum atomic E-state index is 13.4. The summed E-state index contributed by atoms with van der Waals surface area (Å²) in [5.74, 6) is 2.67. The molecule has 0 aliphatic rings. The Morgan fingerprint density at radius 3 is 1.64 bits per heavy atom. The lowest BCUT2D eigenvalue weighted by Gasteiger charge is -2.08. The number of carbonyl (C=O) groups is 2. The number of rotatable bonds is 8. The van der Waals surface area contributed by atoms with E-state index in [1.54, 1.807) is 42.7 Å². The summed E-state index contributed by atoms with van der Waals surface area (Å²) in [5, 5.41) is 7.96. The van der Waals surface area contributed by atoms with Crippen molar-refractivity contribution in [2.75, 3.05) is 13.1 Å². The quantitative estimate of drug-likeness (QED) is 0.114. The zero-order valence-electron chi connectivity index (χ0n) is 34.4. The highest BCUT2D eigenvalue weighted by Gasteiger charge is 2.15. The summed E-state index contributed by atoms with van der Waals surface area (Å²) < 4.78 is 55.8. The molecule has 0 radical (unpaired) electrons. The van der Waals surface area contributed by atoms with Gasteiger partial charge in [0.2, 0.25) is 0 Å². The molecule has 0 atom stereocenters. The number of nitrogens with one attached hydrogen (secondary N) is 2. The Bertz CT molecular complexity index is 3390. The molecule has 0 bridgehead atoms. The molecular formula is C48H31BrCl2F4N8O4. The molecule has 8 aromatic rings. The third-order valence-corrected chi connectivity index (χ3v) is 10.4. The third-order valence-electron chi connectivity index (χ3n) is 9.22. The Hall–Kier alpha value is -7.70. The van der Waals surface area contributed by atoms with Crippen LogP contribution in [0.4, 0.5) is 17.6 Å². The van der Waals surface area contributed by atoms with Gasteiger partial charge in [-0.25, -0.2) is 27.5 Å². The van der Waals surface area contributed by atoms with E-state index in [9.17, 15) is 36.7 Å². The third kappa shape index (κ3) is 13.0. The zero-order valence-corrected chi connectivity index (χ0v) is 37.5. The van der Waals surface area contributed by atoms with Crippen molar-refractivity contribution in [3.63, 3.8) is 0 Å². The normalized spacial score (nSPS) is 10.4. The monoisotopic (exact) mass is 1010 g/mol. The van der Waals surface area contributed by atoms with Crippen LogP contribution in [0.15, 0.2) is 136 Å². The van der Waals surface area contributed by atoms with Gasteiger partial charge in [-0.3, -0.25) is 38.3 Å². The highest BCUT2D eigenvalue weighted by Crippen LogP contribution is 2.25. The predicted molar refractivity (Wildman–Crippen MR) is 249 cm³/mol. The molecule has 67 heavy (non-hydrogen) atoms. The first-order valence-corrected chi connectivity index (χ1v) is 21.0. The summed E-state index contributed by atoms with van der Waals surface area (Å²) >= 11 is 15.5. The van der Waals surface area contributed by atoms with Crippen LogP contribution in [0.2, 0.25) is 10.0 Å². The van der Waals surface area contributed by atoms with Crippen LogP contribution in [0.5, 0.6) is 0 Å². The van der Waals surface area contributed by atoms with Gasteiger partial charge in [-0.1, -0.05) is 69.0 Å². The number of fused-ring (bicyclic) bond motifs is 2. The van der Waals surface area contributed by atoms with Crippen LogP contribution >= 0.6 is 39.1 Å². The summed E-state index contributed by atoms with van der Waals surface area (Å²) in [6.45, 7) is -0.131. The van der Waals surface area contributed by atoms with Crippen molar-refractivity contribution in [2.45, 2.75) is 13.1 Å². The molecule has 0 saturated heterocycles. The van der Waals surface area contributed by atoms with Crippen molar-refractivity contribution in [1.29, 1.82) is 0 Å². The van der Waals surface area contributed by atoms with Gasteiger partial charge < -0.3 is 10.6 Å².